The first kappa shape index (κ1) is 23.8. The normalized spacial score (nSPS) is 12.3. The zero-order chi connectivity index (χ0) is 23.5. The third-order valence-corrected chi connectivity index (χ3v) is 7.16. The van der Waals surface area contributed by atoms with Crippen molar-refractivity contribution in [1.82, 2.24) is 5.32 Å². The van der Waals surface area contributed by atoms with E-state index in [2.05, 4.69) is 5.32 Å². The minimum absolute atomic E-state index is 0.00988. The second-order valence-electron chi connectivity index (χ2n) is 7.57. The predicted molar refractivity (Wildman–Crippen MR) is 125 cm³/mol. The maximum absolute atomic E-state index is 13.7. The van der Waals surface area contributed by atoms with Crippen LogP contribution in [0, 0.1) is 19.7 Å². The van der Waals surface area contributed by atoms with E-state index >= 15 is 0 Å². The molecule has 3 rings (SSSR count). The number of hydrogen-bond acceptors (Lipinski definition) is 3. The highest BCUT2D eigenvalue weighted by atomic mass is 35.5. The van der Waals surface area contributed by atoms with Crippen LogP contribution in [-0.2, 0) is 14.8 Å². The lowest BCUT2D eigenvalue weighted by Crippen LogP contribution is -2.41. The van der Waals surface area contributed by atoms with Gasteiger partial charge in [0.05, 0.1) is 21.6 Å². The summed E-state index contributed by atoms with van der Waals surface area (Å²) in [4.78, 5) is 12.9. The number of anilines is 1. The quantitative estimate of drug-likeness (QED) is 0.513. The Morgan fingerprint density at radius 2 is 1.75 bits per heavy atom. The van der Waals surface area contributed by atoms with Gasteiger partial charge in [-0.05, 0) is 62.2 Å². The smallest absolute Gasteiger partial charge is 0.264 e. The van der Waals surface area contributed by atoms with Gasteiger partial charge in [-0.25, -0.2) is 12.8 Å². The number of benzene rings is 3. The van der Waals surface area contributed by atoms with Crippen molar-refractivity contribution in [2.45, 2.75) is 31.7 Å². The molecule has 0 aromatic heterocycles. The Labute approximate surface area is 192 Å². The number of hydrogen-bond donors (Lipinski definition) is 1. The van der Waals surface area contributed by atoms with Crippen molar-refractivity contribution in [1.29, 1.82) is 0 Å². The number of nitrogens with zero attached hydrogens (tertiary/aromatic N) is 1. The van der Waals surface area contributed by atoms with Gasteiger partial charge in [-0.15, -0.1) is 0 Å². The van der Waals surface area contributed by atoms with Crippen molar-refractivity contribution in [3.8, 4) is 0 Å². The maximum Gasteiger partial charge on any atom is 0.264 e. The summed E-state index contributed by atoms with van der Waals surface area (Å²) < 4.78 is 41.3. The minimum Gasteiger partial charge on any atom is -0.348 e. The molecule has 8 heteroatoms. The van der Waals surface area contributed by atoms with Crippen LogP contribution in [0.5, 0.6) is 0 Å². The highest BCUT2D eigenvalue weighted by Gasteiger charge is 2.28. The number of carbonyl (C=O) groups is 1. The molecule has 3 aromatic rings. The van der Waals surface area contributed by atoms with E-state index in [0.717, 1.165) is 27.1 Å². The molecule has 0 bridgehead atoms. The molecule has 0 radical (unpaired) electrons. The Balaban J connectivity index is 1.91. The monoisotopic (exact) mass is 474 g/mol. The summed E-state index contributed by atoms with van der Waals surface area (Å²) in [7, 11) is -4.10. The lowest BCUT2D eigenvalue weighted by Gasteiger charge is -2.25. The van der Waals surface area contributed by atoms with Crippen LogP contribution in [0.3, 0.4) is 0 Å². The average molecular weight is 475 g/mol. The molecule has 0 fully saturated rings. The van der Waals surface area contributed by atoms with E-state index in [1.807, 2.05) is 39.0 Å². The van der Waals surface area contributed by atoms with Crippen LogP contribution in [0.1, 0.15) is 29.7 Å². The van der Waals surface area contributed by atoms with Crippen LogP contribution in [0.2, 0.25) is 5.02 Å². The minimum atomic E-state index is -4.10. The van der Waals surface area contributed by atoms with Gasteiger partial charge in [-0.3, -0.25) is 9.10 Å². The summed E-state index contributed by atoms with van der Waals surface area (Å²) >= 11 is 5.89. The Hall–Kier alpha value is -2.90. The lowest BCUT2D eigenvalue weighted by molar-refractivity contribution is -0.120. The van der Waals surface area contributed by atoms with Gasteiger partial charge in [0.25, 0.3) is 10.0 Å². The Morgan fingerprint density at radius 3 is 2.38 bits per heavy atom. The lowest BCUT2D eigenvalue weighted by atomic mass is 10.0. The van der Waals surface area contributed by atoms with E-state index in [1.165, 1.54) is 24.3 Å². The zero-order valence-electron chi connectivity index (χ0n) is 18.0. The van der Waals surface area contributed by atoms with E-state index < -0.39 is 28.3 Å². The fourth-order valence-corrected chi connectivity index (χ4v) is 5.09. The van der Waals surface area contributed by atoms with E-state index in [1.54, 1.807) is 18.2 Å². The van der Waals surface area contributed by atoms with Crippen molar-refractivity contribution in [3.05, 3.63) is 94.3 Å². The van der Waals surface area contributed by atoms with Gasteiger partial charge in [0.2, 0.25) is 5.91 Å². The molecule has 1 amide bonds. The second kappa shape index (κ2) is 9.71. The first-order valence-electron chi connectivity index (χ1n) is 9.99. The van der Waals surface area contributed by atoms with Gasteiger partial charge in [0, 0.05) is 0 Å². The summed E-state index contributed by atoms with van der Waals surface area (Å²) in [6.45, 7) is 5.28. The van der Waals surface area contributed by atoms with Crippen LogP contribution in [-0.4, -0.2) is 20.9 Å². The third kappa shape index (κ3) is 5.29. The maximum atomic E-state index is 13.7. The summed E-state index contributed by atoms with van der Waals surface area (Å²) in [5.74, 6) is -1.18. The largest absolute Gasteiger partial charge is 0.348 e. The van der Waals surface area contributed by atoms with Gasteiger partial charge in [0.1, 0.15) is 12.4 Å². The summed E-state index contributed by atoms with van der Waals surface area (Å²) in [6.07, 6.45) is 0. The SMILES string of the molecule is Cc1ccc(C(C)NC(=O)CN(c2ccc(F)c(Cl)c2)S(=O)(=O)c2ccccc2)c(C)c1. The van der Waals surface area contributed by atoms with Crippen molar-refractivity contribution >= 4 is 33.2 Å². The number of carbonyl (C=O) groups excluding carboxylic acids is 1. The van der Waals surface area contributed by atoms with Crippen molar-refractivity contribution in [2.24, 2.45) is 0 Å². The van der Waals surface area contributed by atoms with Gasteiger partial charge in [-0.1, -0.05) is 53.6 Å². The van der Waals surface area contributed by atoms with E-state index in [-0.39, 0.29) is 21.6 Å². The molecule has 32 heavy (non-hydrogen) atoms. The van der Waals surface area contributed by atoms with Gasteiger partial charge < -0.3 is 5.32 Å². The van der Waals surface area contributed by atoms with Crippen molar-refractivity contribution < 1.29 is 17.6 Å². The Morgan fingerprint density at radius 1 is 1.06 bits per heavy atom. The summed E-state index contributed by atoms with van der Waals surface area (Å²) in [5.41, 5.74) is 3.16. The van der Waals surface area contributed by atoms with E-state index in [9.17, 15) is 17.6 Å². The molecule has 1 atom stereocenters. The van der Waals surface area contributed by atoms with Crippen LogP contribution in [0.15, 0.2) is 71.6 Å². The number of halogens is 2. The molecule has 0 aliphatic heterocycles. The molecule has 0 heterocycles. The predicted octanol–water partition coefficient (Wildman–Crippen LogP) is 5.17. The molecule has 3 aromatic carbocycles. The van der Waals surface area contributed by atoms with E-state index in [4.69, 9.17) is 11.6 Å². The van der Waals surface area contributed by atoms with Crippen LogP contribution < -0.4 is 9.62 Å². The van der Waals surface area contributed by atoms with E-state index in [0.29, 0.717) is 0 Å². The van der Waals surface area contributed by atoms with Gasteiger partial charge in [0.15, 0.2) is 0 Å². The molecule has 0 aliphatic carbocycles. The number of sulfonamides is 1. The van der Waals surface area contributed by atoms with Crippen LogP contribution >= 0.6 is 11.6 Å². The molecule has 1 unspecified atom stereocenters. The molecule has 0 spiro atoms. The zero-order valence-corrected chi connectivity index (χ0v) is 19.5. The van der Waals surface area contributed by atoms with Crippen molar-refractivity contribution in [2.75, 3.05) is 10.8 Å². The second-order valence-corrected chi connectivity index (χ2v) is 9.84. The van der Waals surface area contributed by atoms with Gasteiger partial charge >= 0.3 is 0 Å². The molecular weight excluding hydrogens is 451 g/mol. The third-order valence-electron chi connectivity index (χ3n) is 5.08. The molecule has 1 N–H and O–H groups in total. The molecular formula is C24H24ClFN2O3S. The number of rotatable bonds is 7. The fraction of sp³-hybridized carbons (Fsp3) is 0.208. The molecule has 5 nitrogen and oxygen atoms in total. The number of aryl methyl sites for hydroxylation is 2. The standard InChI is InChI=1S/C24H24ClFN2O3S/c1-16-9-11-21(17(2)13-16)18(3)27-24(29)15-28(19-10-12-23(26)22(25)14-19)32(30,31)20-7-5-4-6-8-20/h4-14,18H,15H2,1-3H3,(H,27,29). The van der Waals surface area contributed by atoms with Crippen LogP contribution in [0.25, 0.3) is 0 Å². The molecule has 0 saturated heterocycles. The summed E-state index contributed by atoms with van der Waals surface area (Å²) in [5, 5.41) is 2.62. The molecule has 0 saturated carbocycles. The Bertz CT molecular complexity index is 1230. The number of amides is 1. The topological polar surface area (TPSA) is 66.5 Å². The van der Waals surface area contributed by atoms with Gasteiger partial charge in [-0.2, -0.15) is 0 Å². The first-order chi connectivity index (χ1) is 15.1. The molecule has 0 aliphatic rings. The summed E-state index contributed by atoms with van der Waals surface area (Å²) in [6, 6.07) is 16.9. The fourth-order valence-electron chi connectivity index (χ4n) is 3.48. The highest BCUT2D eigenvalue weighted by molar-refractivity contribution is 7.92. The number of nitrogens with one attached hydrogen (secondary N) is 1. The Kier molecular flexibility index (Phi) is 7.21. The average Bonchev–Trinajstić information content (AvgIpc) is 2.74. The van der Waals surface area contributed by atoms with Crippen molar-refractivity contribution in [3.63, 3.8) is 0 Å². The first-order valence-corrected chi connectivity index (χ1v) is 11.8. The molecule has 168 valence electrons. The van der Waals surface area contributed by atoms with Crippen LogP contribution in [0.4, 0.5) is 10.1 Å². The highest BCUT2D eigenvalue weighted by Crippen LogP contribution is 2.28.